The summed E-state index contributed by atoms with van der Waals surface area (Å²) in [7, 11) is 1.35. The van der Waals surface area contributed by atoms with Crippen molar-refractivity contribution in [3.8, 4) is 5.75 Å². The van der Waals surface area contributed by atoms with E-state index in [1.54, 1.807) is 36.1 Å². The van der Waals surface area contributed by atoms with Crippen molar-refractivity contribution >= 4 is 23.5 Å². The van der Waals surface area contributed by atoms with E-state index in [9.17, 15) is 9.59 Å². The summed E-state index contributed by atoms with van der Waals surface area (Å²) in [6.07, 6.45) is 1.95. The van der Waals surface area contributed by atoms with E-state index in [0.717, 1.165) is 12.8 Å². The number of benzene rings is 1. The second-order valence-electron chi connectivity index (χ2n) is 5.44. The van der Waals surface area contributed by atoms with Gasteiger partial charge in [0, 0.05) is 17.6 Å². The second-order valence-corrected chi connectivity index (χ2v) is 5.88. The Bertz CT molecular complexity index is 527. The molecule has 22 heavy (non-hydrogen) atoms. The predicted molar refractivity (Wildman–Crippen MR) is 82.9 cm³/mol. The van der Waals surface area contributed by atoms with Crippen molar-refractivity contribution in [2.75, 3.05) is 20.3 Å². The lowest BCUT2D eigenvalue weighted by Gasteiger charge is -2.25. The molecule has 5 nitrogen and oxygen atoms in total. The monoisotopic (exact) mass is 325 g/mol. The lowest BCUT2D eigenvalue weighted by atomic mass is 10.1. The van der Waals surface area contributed by atoms with Crippen LogP contribution in [0.3, 0.4) is 0 Å². The minimum absolute atomic E-state index is 0.0496. The van der Waals surface area contributed by atoms with Gasteiger partial charge in [0.05, 0.1) is 13.0 Å². The molecular formula is C16H20ClNO4. The molecule has 0 saturated heterocycles. The minimum Gasteiger partial charge on any atom is -0.484 e. The fraction of sp³-hybridized carbons (Fsp3) is 0.500. The number of esters is 1. The molecule has 0 aliphatic heterocycles. The van der Waals surface area contributed by atoms with Crippen LogP contribution in [-0.4, -0.2) is 43.1 Å². The number of hydrogen-bond donors (Lipinski definition) is 0. The van der Waals surface area contributed by atoms with Crippen LogP contribution in [0.2, 0.25) is 5.02 Å². The molecule has 120 valence electrons. The predicted octanol–water partition coefficient (Wildman–Crippen LogP) is 2.52. The molecule has 0 spiro atoms. The van der Waals surface area contributed by atoms with E-state index in [1.807, 2.05) is 0 Å². The molecule has 1 aliphatic carbocycles. The third-order valence-electron chi connectivity index (χ3n) is 3.56. The van der Waals surface area contributed by atoms with Gasteiger partial charge < -0.3 is 14.4 Å². The van der Waals surface area contributed by atoms with E-state index >= 15 is 0 Å². The molecule has 0 bridgehead atoms. The van der Waals surface area contributed by atoms with Gasteiger partial charge >= 0.3 is 5.97 Å². The average molecular weight is 326 g/mol. The van der Waals surface area contributed by atoms with Crippen molar-refractivity contribution in [1.82, 2.24) is 4.90 Å². The number of hydrogen-bond acceptors (Lipinski definition) is 4. The molecule has 1 amide bonds. The Morgan fingerprint density at radius 1 is 1.32 bits per heavy atom. The first-order chi connectivity index (χ1) is 10.5. The first-order valence-corrected chi connectivity index (χ1v) is 7.64. The zero-order valence-corrected chi connectivity index (χ0v) is 13.5. The largest absolute Gasteiger partial charge is 0.484 e. The number of carbonyl (C=O) groups excluding carboxylic acids is 2. The van der Waals surface area contributed by atoms with Crippen molar-refractivity contribution < 1.29 is 19.1 Å². The van der Waals surface area contributed by atoms with Crippen LogP contribution >= 0.6 is 11.6 Å². The fourth-order valence-electron chi connectivity index (χ4n) is 2.17. The summed E-state index contributed by atoms with van der Waals surface area (Å²) in [4.78, 5) is 25.6. The van der Waals surface area contributed by atoms with E-state index in [0.29, 0.717) is 17.3 Å². The van der Waals surface area contributed by atoms with Gasteiger partial charge in [-0.2, -0.15) is 0 Å². The highest BCUT2D eigenvalue weighted by molar-refractivity contribution is 6.30. The van der Waals surface area contributed by atoms with Crippen molar-refractivity contribution in [2.45, 2.75) is 25.8 Å². The van der Waals surface area contributed by atoms with Crippen LogP contribution in [0, 0.1) is 5.92 Å². The molecule has 0 aromatic heterocycles. The maximum absolute atomic E-state index is 12.3. The van der Waals surface area contributed by atoms with Crippen LogP contribution in [0.15, 0.2) is 24.3 Å². The summed E-state index contributed by atoms with van der Waals surface area (Å²) in [6.45, 7) is 2.07. The van der Waals surface area contributed by atoms with Crippen LogP contribution in [0.4, 0.5) is 0 Å². The molecule has 1 unspecified atom stereocenters. The van der Waals surface area contributed by atoms with Gasteiger partial charge in [-0.1, -0.05) is 18.5 Å². The normalized spacial score (nSPS) is 15.0. The van der Waals surface area contributed by atoms with Gasteiger partial charge in [-0.25, -0.2) is 0 Å². The number of ether oxygens (including phenoxy) is 2. The number of rotatable bonds is 7. The highest BCUT2D eigenvalue weighted by Gasteiger charge is 2.34. The van der Waals surface area contributed by atoms with Crippen LogP contribution in [-0.2, 0) is 14.3 Å². The Morgan fingerprint density at radius 3 is 2.50 bits per heavy atom. The molecule has 1 fully saturated rings. The lowest BCUT2D eigenvalue weighted by molar-refractivity contribution is -0.146. The van der Waals surface area contributed by atoms with Gasteiger partial charge in [0.25, 0.3) is 5.91 Å². The summed E-state index contributed by atoms with van der Waals surface area (Å²) in [5.41, 5.74) is 0. The third-order valence-corrected chi connectivity index (χ3v) is 3.81. The van der Waals surface area contributed by atoms with E-state index in [-0.39, 0.29) is 30.4 Å². The molecule has 1 saturated carbocycles. The molecule has 0 N–H and O–H groups in total. The summed E-state index contributed by atoms with van der Waals surface area (Å²) < 4.78 is 10.2. The van der Waals surface area contributed by atoms with Crippen molar-refractivity contribution in [2.24, 2.45) is 5.92 Å². The summed E-state index contributed by atoms with van der Waals surface area (Å²) >= 11 is 5.80. The van der Waals surface area contributed by atoms with Crippen LogP contribution < -0.4 is 4.74 Å². The fourth-order valence-corrected chi connectivity index (χ4v) is 2.30. The Hall–Kier alpha value is -1.75. The molecular weight excluding hydrogens is 306 g/mol. The maximum atomic E-state index is 12.3. The Labute approximate surface area is 135 Å². The van der Waals surface area contributed by atoms with Gasteiger partial charge in [0.1, 0.15) is 5.75 Å². The van der Waals surface area contributed by atoms with E-state index < -0.39 is 0 Å². The first kappa shape index (κ1) is 16.6. The molecule has 1 atom stereocenters. The topological polar surface area (TPSA) is 55.8 Å². The molecule has 0 radical (unpaired) electrons. The average Bonchev–Trinajstić information content (AvgIpc) is 3.35. The number of methoxy groups -OCH3 is 1. The van der Waals surface area contributed by atoms with Gasteiger partial charge in [0.2, 0.25) is 0 Å². The molecule has 1 aromatic carbocycles. The quantitative estimate of drug-likeness (QED) is 0.723. The Balaban J connectivity index is 1.89. The first-order valence-electron chi connectivity index (χ1n) is 7.27. The van der Waals surface area contributed by atoms with Gasteiger partial charge in [-0.3, -0.25) is 9.59 Å². The van der Waals surface area contributed by atoms with Crippen LogP contribution in [0.1, 0.15) is 19.8 Å². The van der Waals surface area contributed by atoms with Crippen molar-refractivity contribution in [1.29, 1.82) is 0 Å². The summed E-state index contributed by atoms with van der Waals surface area (Å²) in [5.74, 6) is -0.176. The molecule has 1 aromatic rings. The highest BCUT2D eigenvalue weighted by Crippen LogP contribution is 2.28. The van der Waals surface area contributed by atoms with Gasteiger partial charge in [0.15, 0.2) is 6.61 Å². The highest BCUT2D eigenvalue weighted by atomic mass is 35.5. The molecule has 0 heterocycles. The number of nitrogens with zero attached hydrogens (tertiary/aromatic N) is 1. The minimum atomic E-state index is -0.343. The number of carbonyl (C=O) groups is 2. The summed E-state index contributed by atoms with van der Waals surface area (Å²) in [5, 5.41) is 0.616. The lowest BCUT2D eigenvalue weighted by Crippen LogP contribution is -2.41. The molecule has 1 aliphatic rings. The van der Waals surface area contributed by atoms with Crippen molar-refractivity contribution in [3.63, 3.8) is 0 Å². The van der Waals surface area contributed by atoms with E-state index in [2.05, 4.69) is 0 Å². The van der Waals surface area contributed by atoms with E-state index in [4.69, 9.17) is 21.1 Å². The number of amides is 1. The number of halogens is 1. The zero-order valence-electron chi connectivity index (χ0n) is 12.8. The molecule has 2 rings (SSSR count). The third kappa shape index (κ3) is 4.63. The van der Waals surface area contributed by atoms with Crippen LogP contribution in [0.25, 0.3) is 0 Å². The van der Waals surface area contributed by atoms with E-state index in [1.165, 1.54) is 7.11 Å². The van der Waals surface area contributed by atoms with Gasteiger partial charge in [-0.05, 0) is 37.1 Å². The maximum Gasteiger partial charge on any atom is 0.310 e. The molecule has 6 heteroatoms. The zero-order chi connectivity index (χ0) is 16.1. The smallest absolute Gasteiger partial charge is 0.310 e. The SMILES string of the molecule is COC(=O)C(C)CN(C(=O)COc1ccc(Cl)cc1)C1CC1. The second kappa shape index (κ2) is 7.49. The Morgan fingerprint density at radius 2 is 1.95 bits per heavy atom. The Kier molecular flexibility index (Phi) is 5.66. The standard InChI is InChI=1S/C16H20ClNO4/c1-11(16(20)21-2)9-18(13-5-6-13)15(19)10-22-14-7-3-12(17)4-8-14/h3-4,7-8,11,13H,5-6,9-10H2,1-2H3. The van der Waals surface area contributed by atoms with Gasteiger partial charge in [-0.15, -0.1) is 0 Å². The van der Waals surface area contributed by atoms with Crippen molar-refractivity contribution in [3.05, 3.63) is 29.3 Å². The van der Waals surface area contributed by atoms with Crippen LogP contribution in [0.5, 0.6) is 5.75 Å². The summed E-state index contributed by atoms with van der Waals surface area (Å²) in [6, 6.07) is 7.06.